The third-order valence-corrected chi connectivity index (χ3v) is 3.32. The Labute approximate surface area is 108 Å². The van der Waals surface area contributed by atoms with Crippen molar-refractivity contribution in [2.45, 2.75) is 32.9 Å². The summed E-state index contributed by atoms with van der Waals surface area (Å²) in [5.41, 5.74) is 0. The van der Waals surface area contributed by atoms with Crippen LogP contribution in [0.3, 0.4) is 0 Å². The Morgan fingerprint density at radius 1 is 1.61 bits per heavy atom. The van der Waals surface area contributed by atoms with Crippen LogP contribution in [-0.4, -0.2) is 30.3 Å². The van der Waals surface area contributed by atoms with Gasteiger partial charge in [0.2, 0.25) is 0 Å². The third kappa shape index (κ3) is 3.92. The monoisotopic (exact) mass is 279 g/mol. The Bertz CT molecular complexity index is 405. The van der Waals surface area contributed by atoms with Crippen LogP contribution in [0.25, 0.3) is 0 Å². The second kappa shape index (κ2) is 6.65. The SMILES string of the molecule is CCC(CO)NC(=O)c1sc(C)cc1OC(F)F. The summed E-state index contributed by atoms with van der Waals surface area (Å²) in [6.45, 7) is 0.336. The predicted octanol–water partition coefficient (Wildman–Crippen LogP) is 2.16. The molecular formula is C11H15F2NO3S. The number of amides is 1. The summed E-state index contributed by atoms with van der Waals surface area (Å²) in [7, 11) is 0. The molecule has 1 aromatic rings. The van der Waals surface area contributed by atoms with Gasteiger partial charge in [-0.3, -0.25) is 4.79 Å². The van der Waals surface area contributed by atoms with Crippen LogP contribution in [0.1, 0.15) is 27.9 Å². The first-order valence-electron chi connectivity index (χ1n) is 5.44. The molecule has 1 atom stereocenters. The van der Waals surface area contributed by atoms with E-state index in [1.807, 2.05) is 0 Å². The van der Waals surface area contributed by atoms with Gasteiger partial charge in [-0.15, -0.1) is 11.3 Å². The predicted molar refractivity (Wildman–Crippen MR) is 64.3 cm³/mol. The van der Waals surface area contributed by atoms with E-state index in [9.17, 15) is 13.6 Å². The van der Waals surface area contributed by atoms with E-state index < -0.39 is 12.5 Å². The maximum atomic E-state index is 12.2. The molecule has 1 rings (SSSR count). The number of hydrogen-bond acceptors (Lipinski definition) is 4. The summed E-state index contributed by atoms with van der Waals surface area (Å²) < 4.78 is 28.6. The van der Waals surface area contributed by atoms with E-state index in [4.69, 9.17) is 5.11 Å². The first kappa shape index (κ1) is 14.8. The van der Waals surface area contributed by atoms with Gasteiger partial charge in [-0.25, -0.2) is 0 Å². The smallest absolute Gasteiger partial charge is 0.387 e. The average molecular weight is 279 g/mol. The maximum Gasteiger partial charge on any atom is 0.387 e. The van der Waals surface area contributed by atoms with Crippen molar-refractivity contribution in [3.8, 4) is 5.75 Å². The molecule has 7 heteroatoms. The molecular weight excluding hydrogens is 264 g/mol. The van der Waals surface area contributed by atoms with Crippen LogP contribution < -0.4 is 10.1 Å². The molecule has 0 saturated heterocycles. The summed E-state index contributed by atoms with van der Waals surface area (Å²) in [6.07, 6.45) is 0.553. The molecule has 1 amide bonds. The molecule has 1 heterocycles. The van der Waals surface area contributed by atoms with Gasteiger partial charge in [-0.05, 0) is 19.4 Å². The zero-order valence-corrected chi connectivity index (χ0v) is 10.9. The first-order chi connectivity index (χ1) is 8.47. The maximum absolute atomic E-state index is 12.2. The van der Waals surface area contributed by atoms with Crippen molar-refractivity contribution >= 4 is 17.2 Å². The van der Waals surface area contributed by atoms with Crippen molar-refractivity contribution in [3.63, 3.8) is 0 Å². The molecule has 4 nitrogen and oxygen atoms in total. The van der Waals surface area contributed by atoms with Gasteiger partial charge in [0.05, 0.1) is 12.6 Å². The molecule has 0 aromatic carbocycles. The second-order valence-corrected chi connectivity index (χ2v) is 4.95. The van der Waals surface area contributed by atoms with E-state index in [1.165, 1.54) is 6.07 Å². The van der Waals surface area contributed by atoms with E-state index in [-0.39, 0.29) is 23.3 Å². The molecule has 102 valence electrons. The fourth-order valence-corrected chi connectivity index (χ4v) is 2.21. The van der Waals surface area contributed by atoms with Crippen molar-refractivity contribution in [1.29, 1.82) is 0 Å². The number of alkyl halides is 2. The van der Waals surface area contributed by atoms with Crippen LogP contribution in [0.2, 0.25) is 0 Å². The van der Waals surface area contributed by atoms with E-state index in [0.29, 0.717) is 11.3 Å². The van der Waals surface area contributed by atoms with E-state index in [1.54, 1.807) is 13.8 Å². The van der Waals surface area contributed by atoms with Crippen LogP contribution in [-0.2, 0) is 0 Å². The number of thiophene rings is 1. The molecule has 0 saturated carbocycles. The number of carbonyl (C=O) groups is 1. The third-order valence-electron chi connectivity index (χ3n) is 2.29. The van der Waals surface area contributed by atoms with Crippen LogP contribution in [0.15, 0.2) is 6.07 Å². The molecule has 1 unspecified atom stereocenters. The lowest BCUT2D eigenvalue weighted by Gasteiger charge is -2.13. The van der Waals surface area contributed by atoms with Crippen molar-refractivity contribution in [3.05, 3.63) is 15.8 Å². The minimum atomic E-state index is -2.97. The van der Waals surface area contributed by atoms with Gasteiger partial charge < -0.3 is 15.2 Å². The molecule has 0 radical (unpaired) electrons. The van der Waals surface area contributed by atoms with Crippen molar-refractivity contribution in [2.75, 3.05) is 6.61 Å². The van der Waals surface area contributed by atoms with Crippen LogP contribution in [0.5, 0.6) is 5.75 Å². The number of carbonyl (C=O) groups excluding carboxylic acids is 1. The summed E-state index contributed by atoms with van der Waals surface area (Å²) in [5.74, 6) is -0.637. The zero-order chi connectivity index (χ0) is 13.7. The molecule has 0 aliphatic rings. The minimum Gasteiger partial charge on any atom is -0.433 e. The van der Waals surface area contributed by atoms with E-state index in [2.05, 4.69) is 10.1 Å². The first-order valence-corrected chi connectivity index (χ1v) is 6.26. The Hall–Kier alpha value is -1.21. The molecule has 18 heavy (non-hydrogen) atoms. The standard InChI is InChI=1S/C11H15F2NO3S/c1-3-7(5-15)14-10(16)9-8(17-11(12)13)4-6(2)18-9/h4,7,11,15H,3,5H2,1-2H3,(H,14,16). The molecule has 0 fully saturated rings. The minimum absolute atomic E-state index is 0.0969. The fourth-order valence-electron chi connectivity index (χ4n) is 1.36. The van der Waals surface area contributed by atoms with E-state index >= 15 is 0 Å². The summed E-state index contributed by atoms with van der Waals surface area (Å²) in [6, 6.07) is 1.00. The molecule has 0 bridgehead atoms. The Kier molecular flexibility index (Phi) is 5.49. The second-order valence-electron chi connectivity index (χ2n) is 3.69. The largest absolute Gasteiger partial charge is 0.433 e. The van der Waals surface area contributed by atoms with Crippen molar-refractivity contribution < 1.29 is 23.4 Å². The molecule has 0 spiro atoms. The summed E-state index contributed by atoms with van der Waals surface area (Å²) >= 11 is 1.08. The number of halogens is 2. The molecule has 2 N–H and O–H groups in total. The van der Waals surface area contributed by atoms with Crippen LogP contribution in [0.4, 0.5) is 8.78 Å². The Morgan fingerprint density at radius 2 is 2.28 bits per heavy atom. The number of rotatable bonds is 6. The quantitative estimate of drug-likeness (QED) is 0.839. The number of hydrogen-bond donors (Lipinski definition) is 2. The highest BCUT2D eigenvalue weighted by atomic mass is 32.1. The fraction of sp³-hybridized carbons (Fsp3) is 0.545. The van der Waals surface area contributed by atoms with Crippen molar-refractivity contribution in [1.82, 2.24) is 5.32 Å². The molecule has 1 aromatic heterocycles. The molecule has 0 aliphatic heterocycles. The van der Waals surface area contributed by atoms with Gasteiger partial charge in [-0.2, -0.15) is 8.78 Å². The van der Waals surface area contributed by atoms with Crippen LogP contribution >= 0.6 is 11.3 Å². The highest BCUT2D eigenvalue weighted by Crippen LogP contribution is 2.30. The lowest BCUT2D eigenvalue weighted by molar-refractivity contribution is -0.0498. The highest BCUT2D eigenvalue weighted by molar-refractivity contribution is 7.14. The Morgan fingerprint density at radius 3 is 2.78 bits per heavy atom. The highest BCUT2D eigenvalue weighted by Gasteiger charge is 2.20. The van der Waals surface area contributed by atoms with Gasteiger partial charge in [0.1, 0.15) is 10.6 Å². The number of ether oxygens (including phenoxy) is 1. The van der Waals surface area contributed by atoms with Gasteiger partial charge in [0.25, 0.3) is 5.91 Å². The Balaban J connectivity index is 2.84. The van der Waals surface area contributed by atoms with Gasteiger partial charge in [0.15, 0.2) is 0 Å². The van der Waals surface area contributed by atoms with Gasteiger partial charge in [0, 0.05) is 4.88 Å². The summed E-state index contributed by atoms with van der Waals surface area (Å²) in [5, 5.41) is 11.5. The molecule has 0 aliphatic carbocycles. The topological polar surface area (TPSA) is 58.6 Å². The number of nitrogens with one attached hydrogen (secondary N) is 1. The normalized spacial score (nSPS) is 12.6. The number of aliphatic hydroxyl groups is 1. The average Bonchev–Trinajstić information content (AvgIpc) is 2.66. The van der Waals surface area contributed by atoms with Gasteiger partial charge >= 0.3 is 6.61 Å². The lowest BCUT2D eigenvalue weighted by atomic mass is 10.2. The van der Waals surface area contributed by atoms with Crippen LogP contribution in [0, 0.1) is 6.92 Å². The number of aliphatic hydroxyl groups excluding tert-OH is 1. The van der Waals surface area contributed by atoms with E-state index in [0.717, 1.165) is 11.3 Å². The lowest BCUT2D eigenvalue weighted by Crippen LogP contribution is -2.36. The van der Waals surface area contributed by atoms with Gasteiger partial charge in [-0.1, -0.05) is 6.92 Å². The number of aryl methyl sites for hydroxylation is 1. The zero-order valence-electron chi connectivity index (χ0n) is 10.1. The van der Waals surface area contributed by atoms with Crippen molar-refractivity contribution in [2.24, 2.45) is 0 Å². The summed E-state index contributed by atoms with van der Waals surface area (Å²) in [4.78, 5) is 12.7.